The normalized spacial score (nSPS) is 13.1. The van der Waals surface area contributed by atoms with Gasteiger partial charge >= 0.3 is 0 Å². The van der Waals surface area contributed by atoms with Gasteiger partial charge < -0.3 is 15.4 Å². The molecule has 0 radical (unpaired) electrons. The summed E-state index contributed by atoms with van der Waals surface area (Å²) in [7, 11) is 0. The van der Waals surface area contributed by atoms with Gasteiger partial charge in [0.2, 0.25) is 0 Å². The van der Waals surface area contributed by atoms with Gasteiger partial charge in [0.25, 0.3) is 0 Å². The van der Waals surface area contributed by atoms with Crippen molar-refractivity contribution < 1.29 is 9.63 Å². The molecule has 13 heavy (non-hydrogen) atoms. The SMILES string of the molecule is NC(CCCCCO)c1ccon1. The topological polar surface area (TPSA) is 72.3 Å². The fourth-order valence-corrected chi connectivity index (χ4v) is 1.21. The Morgan fingerprint density at radius 1 is 1.46 bits per heavy atom. The van der Waals surface area contributed by atoms with Crippen LogP contribution < -0.4 is 5.73 Å². The number of hydrogen-bond donors (Lipinski definition) is 2. The fourth-order valence-electron chi connectivity index (χ4n) is 1.21. The number of nitrogens with two attached hydrogens (primary N) is 1. The fraction of sp³-hybridized carbons (Fsp3) is 0.667. The first kappa shape index (κ1) is 10.2. The zero-order valence-corrected chi connectivity index (χ0v) is 7.65. The average molecular weight is 184 g/mol. The van der Waals surface area contributed by atoms with Gasteiger partial charge in [0, 0.05) is 12.7 Å². The molecule has 0 bridgehead atoms. The summed E-state index contributed by atoms with van der Waals surface area (Å²) in [5.74, 6) is 0. The number of rotatable bonds is 6. The van der Waals surface area contributed by atoms with Crippen molar-refractivity contribution in [1.82, 2.24) is 5.16 Å². The van der Waals surface area contributed by atoms with Gasteiger partial charge in [0.15, 0.2) is 0 Å². The first-order valence-corrected chi connectivity index (χ1v) is 4.61. The van der Waals surface area contributed by atoms with Crippen LogP contribution in [0, 0.1) is 0 Å². The molecule has 3 N–H and O–H groups in total. The molecular weight excluding hydrogens is 168 g/mol. The van der Waals surface area contributed by atoms with Gasteiger partial charge in [-0.25, -0.2) is 0 Å². The van der Waals surface area contributed by atoms with E-state index < -0.39 is 0 Å². The molecule has 4 heteroatoms. The highest BCUT2D eigenvalue weighted by molar-refractivity contribution is 5.01. The van der Waals surface area contributed by atoms with Crippen LogP contribution in [0.1, 0.15) is 37.4 Å². The summed E-state index contributed by atoms with van der Waals surface area (Å²) in [5, 5.41) is 12.3. The minimum Gasteiger partial charge on any atom is -0.396 e. The summed E-state index contributed by atoms with van der Waals surface area (Å²) in [6.45, 7) is 0.263. The summed E-state index contributed by atoms with van der Waals surface area (Å²) < 4.78 is 4.69. The monoisotopic (exact) mass is 184 g/mol. The third kappa shape index (κ3) is 3.57. The number of nitrogens with zero attached hydrogens (tertiary/aromatic N) is 1. The Morgan fingerprint density at radius 3 is 2.92 bits per heavy atom. The van der Waals surface area contributed by atoms with Gasteiger partial charge in [-0.1, -0.05) is 18.0 Å². The lowest BCUT2D eigenvalue weighted by Crippen LogP contribution is -2.10. The van der Waals surface area contributed by atoms with Crippen LogP contribution in [0.15, 0.2) is 16.9 Å². The molecule has 1 atom stereocenters. The predicted molar refractivity (Wildman–Crippen MR) is 49.0 cm³/mol. The van der Waals surface area contributed by atoms with Crippen LogP contribution in [0.4, 0.5) is 0 Å². The molecule has 0 aromatic carbocycles. The molecule has 0 saturated carbocycles. The van der Waals surface area contributed by atoms with Crippen LogP contribution in [0.3, 0.4) is 0 Å². The van der Waals surface area contributed by atoms with E-state index >= 15 is 0 Å². The van der Waals surface area contributed by atoms with Gasteiger partial charge in [-0.05, 0) is 12.8 Å². The molecule has 4 nitrogen and oxygen atoms in total. The van der Waals surface area contributed by atoms with Gasteiger partial charge in [0.1, 0.15) is 12.0 Å². The van der Waals surface area contributed by atoms with E-state index in [9.17, 15) is 0 Å². The van der Waals surface area contributed by atoms with Gasteiger partial charge in [0.05, 0.1) is 6.04 Å². The molecule has 1 unspecified atom stereocenters. The van der Waals surface area contributed by atoms with Crippen LogP contribution >= 0.6 is 0 Å². The molecule has 1 rings (SSSR count). The first-order chi connectivity index (χ1) is 6.34. The molecule has 0 amide bonds. The Bertz CT molecular complexity index is 211. The Kier molecular flexibility index (Phi) is 4.49. The van der Waals surface area contributed by atoms with Crippen molar-refractivity contribution in [3.63, 3.8) is 0 Å². The Hall–Kier alpha value is -0.870. The van der Waals surface area contributed by atoms with E-state index in [-0.39, 0.29) is 12.6 Å². The molecule has 1 aromatic heterocycles. The van der Waals surface area contributed by atoms with E-state index in [0.717, 1.165) is 31.4 Å². The highest BCUT2D eigenvalue weighted by Crippen LogP contribution is 2.14. The number of hydrogen-bond acceptors (Lipinski definition) is 4. The second kappa shape index (κ2) is 5.72. The Balaban J connectivity index is 2.15. The second-order valence-electron chi connectivity index (χ2n) is 3.10. The highest BCUT2D eigenvalue weighted by atomic mass is 16.5. The Labute approximate surface area is 77.7 Å². The number of aliphatic hydroxyl groups excluding tert-OH is 1. The molecule has 1 heterocycles. The highest BCUT2D eigenvalue weighted by Gasteiger charge is 2.07. The van der Waals surface area contributed by atoms with Gasteiger partial charge in [-0.15, -0.1) is 0 Å². The van der Waals surface area contributed by atoms with Gasteiger partial charge in [-0.3, -0.25) is 0 Å². The van der Waals surface area contributed by atoms with Crippen molar-refractivity contribution >= 4 is 0 Å². The summed E-state index contributed by atoms with van der Waals surface area (Å²) in [6, 6.07) is 1.76. The molecule has 0 spiro atoms. The van der Waals surface area contributed by atoms with E-state index in [1.807, 2.05) is 0 Å². The standard InChI is InChI=1S/C9H16N2O2/c10-8(4-2-1-3-6-12)9-5-7-13-11-9/h5,7-8,12H,1-4,6,10H2. The van der Waals surface area contributed by atoms with E-state index in [0.29, 0.717) is 0 Å². The minimum atomic E-state index is -0.0301. The first-order valence-electron chi connectivity index (χ1n) is 4.61. The predicted octanol–water partition coefficient (Wildman–Crippen LogP) is 1.23. The molecule has 0 aliphatic heterocycles. The number of unbranched alkanes of at least 4 members (excludes halogenated alkanes) is 2. The zero-order chi connectivity index (χ0) is 9.52. The van der Waals surface area contributed by atoms with Crippen LogP contribution in [0.2, 0.25) is 0 Å². The van der Waals surface area contributed by atoms with Crippen molar-refractivity contribution in [3.8, 4) is 0 Å². The molecular formula is C9H16N2O2. The van der Waals surface area contributed by atoms with E-state index in [1.54, 1.807) is 6.07 Å². The summed E-state index contributed by atoms with van der Waals surface area (Å²) in [4.78, 5) is 0. The van der Waals surface area contributed by atoms with Crippen molar-refractivity contribution in [1.29, 1.82) is 0 Å². The summed E-state index contributed by atoms with van der Waals surface area (Å²) in [5.41, 5.74) is 6.65. The Morgan fingerprint density at radius 2 is 2.31 bits per heavy atom. The van der Waals surface area contributed by atoms with Crippen LogP contribution in [0.5, 0.6) is 0 Å². The second-order valence-corrected chi connectivity index (χ2v) is 3.10. The lowest BCUT2D eigenvalue weighted by Gasteiger charge is -2.06. The van der Waals surface area contributed by atoms with Crippen molar-refractivity contribution in [2.45, 2.75) is 31.7 Å². The largest absolute Gasteiger partial charge is 0.396 e. The van der Waals surface area contributed by atoms with E-state index in [2.05, 4.69) is 5.16 Å². The number of aromatic nitrogens is 1. The van der Waals surface area contributed by atoms with Crippen LogP contribution in [-0.2, 0) is 0 Å². The minimum absolute atomic E-state index is 0.0301. The van der Waals surface area contributed by atoms with Gasteiger partial charge in [-0.2, -0.15) is 0 Å². The zero-order valence-electron chi connectivity index (χ0n) is 7.65. The summed E-state index contributed by atoms with van der Waals surface area (Å²) in [6.07, 6.45) is 5.32. The maximum Gasteiger partial charge on any atom is 0.124 e. The molecule has 0 aliphatic carbocycles. The lowest BCUT2D eigenvalue weighted by molar-refractivity contribution is 0.281. The number of aliphatic hydroxyl groups is 1. The molecule has 0 saturated heterocycles. The van der Waals surface area contributed by atoms with Crippen LogP contribution in [0.25, 0.3) is 0 Å². The lowest BCUT2D eigenvalue weighted by atomic mass is 10.1. The van der Waals surface area contributed by atoms with E-state index in [1.165, 1.54) is 6.26 Å². The molecule has 1 aromatic rings. The molecule has 74 valence electrons. The maximum atomic E-state index is 8.56. The van der Waals surface area contributed by atoms with Crippen molar-refractivity contribution in [2.24, 2.45) is 5.73 Å². The third-order valence-corrected chi connectivity index (χ3v) is 2.01. The summed E-state index contributed by atoms with van der Waals surface area (Å²) >= 11 is 0. The quantitative estimate of drug-likeness (QED) is 0.652. The van der Waals surface area contributed by atoms with Crippen LogP contribution in [-0.4, -0.2) is 16.9 Å². The smallest absolute Gasteiger partial charge is 0.124 e. The van der Waals surface area contributed by atoms with Crippen molar-refractivity contribution in [3.05, 3.63) is 18.0 Å². The maximum absolute atomic E-state index is 8.56. The van der Waals surface area contributed by atoms with Crippen molar-refractivity contribution in [2.75, 3.05) is 6.61 Å². The molecule has 0 aliphatic rings. The molecule has 0 fully saturated rings. The third-order valence-electron chi connectivity index (χ3n) is 2.01. The average Bonchev–Trinajstić information content (AvgIpc) is 2.65. The van der Waals surface area contributed by atoms with E-state index in [4.69, 9.17) is 15.4 Å².